The zero-order valence-electron chi connectivity index (χ0n) is 13.7. The highest BCUT2D eigenvalue weighted by Crippen LogP contribution is 2.38. The van der Waals surface area contributed by atoms with Crippen LogP contribution in [0.2, 0.25) is 0 Å². The molecule has 0 aliphatic carbocycles. The highest BCUT2D eigenvalue weighted by Gasteiger charge is 2.38. The second kappa shape index (κ2) is 8.20. The molecule has 1 unspecified atom stereocenters. The second-order valence-corrected chi connectivity index (χ2v) is 7.56. The molecule has 0 radical (unpaired) electrons. The van der Waals surface area contributed by atoms with Crippen LogP contribution in [0.25, 0.3) is 6.08 Å². The summed E-state index contributed by atoms with van der Waals surface area (Å²) in [7, 11) is 1.44. The molecule has 9 heteroatoms. The molecule has 1 fully saturated rings. The fourth-order valence-electron chi connectivity index (χ4n) is 2.17. The number of nitrogens with zero attached hydrogens (tertiary/aromatic N) is 1. The lowest BCUT2D eigenvalue weighted by molar-refractivity contribution is -0.149. The zero-order valence-corrected chi connectivity index (χ0v) is 17.0. The summed E-state index contributed by atoms with van der Waals surface area (Å²) in [5.41, 5.74) is 0.644. The molecular formula is C16H16BrNO5S2. The van der Waals surface area contributed by atoms with Gasteiger partial charge in [0.05, 0.1) is 23.1 Å². The normalized spacial score (nSPS) is 17.1. The van der Waals surface area contributed by atoms with Gasteiger partial charge in [-0.3, -0.25) is 9.69 Å². The van der Waals surface area contributed by atoms with E-state index in [9.17, 15) is 14.7 Å². The number of esters is 1. The van der Waals surface area contributed by atoms with Gasteiger partial charge in [-0.2, -0.15) is 0 Å². The number of phenols is 1. The maximum atomic E-state index is 12.6. The number of ether oxygens (including phenoxy) is 2. The third kappa shape index (κ3) is 4.16. The smallest absolute Gasteiger partial charge is 0.329 e. The first-order valence-electron chi connectivity index (χ1n) is 7.30. The van der Waals surface area contributed by atoms with Crippen molar-refractivity contribution < 1.29 is 24.2 Å². The van der Waals surface area contributed by atoms with Gasteiger partial charge in [0, 0.05) is 0 Å². The van der Waals surface area contributed by atoms with Gasteiger partial charge in [0.1, 0.15) is 10.4 Å². The molecule has 1 amide bonds. The Morgan fingerprint density at radius 1 is 1.52 bits per heavy atom. The number of hydrogen-bond acceptors (Lipinski definition) is 7. The van der Waals surface area contributed by atoms with E-state index in [0.29, 0.717) is 19.3 Å². The monoisotopic (exact) mass is 445 g/mol. The maximum Gasteiger partial charge on any atom is 0.329 e. The average molecular weight is 446 g/mol. The Morgan fingerprint density at radius 2 is 2.20 bits per heavy atom. The van der Waals surface area contributed by atoms with Crippen LogP contribution >= 0.6 is 39.9 Å². The quantitative estimate of drug-likeness (QED) is 0.423. The van der Waals surface area contributed by atoms with Crippen LogP contribution in [0.1, 0.15) is 19.4 Å². The SMILES string of the molecule is CCOC(=O)C(C)N1C(=O)/C(=C/c2cc(Br)c(O)c(OC)c2)SC1=S. The summed E-state index contributed by atoms with van der Waals surface area (Å²) in [4.78, 5) is 26.1. The summed E-state index contributed by atoms with van der Waals surface area (Å²) < 4.78 is 10.8. The Balaban J connectivity index is 2.32. The van der Waals surface area contributed by atoms with E-state index in [1.807, 2.05) is 0 Å². The van der Waals surface area contributed by atoms with Gasteiger partial charge in [-0.05, 0) is 53.5 Å². The van der Waals surface area contributed by atoms with Gasteiger partial charge in [0.15, 0.2) is 11.5 Å². The first-order chi connectivity index (χ1) is 11.8. The lowest BCUT2D eigenvalue weighted by Gasteiger charge is -2.21. The fraction of sp³-hybridized carbons (Fsp3) is 0.312. The lowest BCUT2D eigenvalue weighted by Crippen LogP contribution is -2.42. The van der Waals surface area contributed by atoms with Crippen LogP contribution in [0.4, 0.5) is 0 Å². The minimum atomic E-state index is -0.792. The van der Waals surface area contributed by atoms with E-state index in [1.54, 1.807) is 32.1 Å². The number of thioether (sulfide) groups is 1. The molecule has 2 rings (SSSR count). The molecule has 1 aliphatic rings. The van der Waals surface area contributed by atoms with Crippen LogP contribution in [-0.4, -0.2) is 46.0 Å². The minimum Gasteiger partial charge on any atom is -0.503 e. The number of halogens is 1. The van der Waals surface area contributed by atoms with Crippen molar-refractivity contribution in [2.24, 2.45) is 0 Å². The summed E-state index contributed by atoms with van der Waals surface area (Å²) in [5, 5.41) is 9.86. The van der Waals surface area contributed by atoms with Crippen molar-refractivity contribution in [3.8, 4) is 11.5 Å². The standard InChI is InChI=1S/C16H16BrNO5S2/c1-4-23-15(21)8(2)18-14(20)12(25-16(18)24)7-9-5-10(17)13(19)11(6-9)22-3/h5-8,19H,4H2,1-3H3/b12-7-. The minimum absolute atomic E-state index is 0.0249. The van der Waals surface area contributed by atoms with Crippen LogP contribution in [-0.2, 0) is 14.3 Å². The van der Waals surface area contributed by atoms with Crippen LogP contribution in [0.3, 0.4) is 0 Å². The number of amides is 1. The topological polar surface area (TPSA) is 76.1 Å². The van der Waals surface area contributed by atoms with Gasteiger partial charge >= 0.3 is 5.97 Å². The van der Waals surface area contributed by atoms with Gasteiger partial charge in [-0.15, -0.1) is 0 Å². The summed E-state index contributed by atoms with van der Waals surface area (Å²) in [6.07, 6.45) is 1.63. The van der Waals surface area contributed by atoms with Crippen LogP contribution in [0, 0.1) is 0 Å². The van der Waals surface area contributed by atoms with Gasteiger partial charge in [-0.1, -0.05) is 24.0 Å². The van der Waals surface area contributed by atoms with Crippen molar-refractivity contribution in [1.29, 1.82) is 0 Å². The Morgan fingerprint density at radius 3 is 2.80 bits per heavy atom. The molecule has 134 valence electrons. The number of rotatable bonds is 5. The second-order valence-electron chi connectivity index (χ2n) is 5.03. The molecule has 0 aromatic heterocycles. The van der Waals surface area contributed by atoms with E-state index in [1.165, 1.54) is 12.0 Å². The highest BCUT2D eigenvalue weighted by molar-refractivity contribution is 9.10. The molecule has 1 saturated heterocycles. The van der Waals surface area contributed by atoms with E-state index in [2.05, 4.69) is 15.9 Å². The predicted octanol–water partition coefficient (Wildman–Crippen LogP) is 3.32. The van der Waals surface area contributed by atoms with Crippen molar-refractivity contribution in [1.82, 2.24) is 4.90 Å². The Labute approximate surface area is 163 Å². The first kappa shape index (κ1) is 19.7. The predicted molar refractivity (Wildman–Crippen MR) is 103 cm³/mol. The molecule has 0 saturated carbocycles. The Bertz CT molecular complexity index is 765. The average Bonchev–Trinajstić information content (AvgIpc) is 2.84. The molecule has 6 nitrogen and oxygen atoms in total. The van der Waals surface area contributed by atoms with Gasteiger partial charge in [0.2, 0.25) is 0 Å². The molecule has 0 spiro atoms. The molecule has 1 aromatic rings. The van der Waals surface area contributed by atoms with Crippen molar-refractivity contribution >= 4 is 62.2 Å². The van der Waals surface area contributed by atoms with E-state index < -0.39 is 12.0 Å². The number of hydrogen-bond donors (Lipinski definition) is 1. The Kier molecular flexibility index (Phi) is 6.47. The first-order valence-corrected chi connectivity index (χ1v) is 9.32. The van der Waals surface area contributed by atoms with E-state index in [0.717, 1.165) is 11.8 Å². The van der Waals surface area contributed by atoms with E-state index in [4.69, 9.17) is 21.7 Å². The van der Waals surface area contributed by atoms with Crippen molar-refractivity contribution in [2.75, 3.05) is 13.7 Å². The molecule has 0 bridgehead atoms. The van der Waals surface area contributed by atoms with E-state index in [-0.39, 0.29) is 24.0 Å². The van der Waals surface area contributed by atoms with Crippen molar-refractivity contribution in [3.05, 3.63) is 27.1 Å². The Hall–Kier alpha value is -1.58. The number of benzene rings is 1. The molecule has 25 heavy (non-hydrogen) atoms. The molecule has 1 aliphatic heterocycles. The van der Waals surface area contributed by atoms with Crippen LogP contribution in [0.5, 0.6) is 11.5 Å². The van der Waals surface area contributed by atoms with Crippen molar-refractivity contribution in [3.63, 3.8) is 0 Å². The van der Waals surface area contributed by atoms with Gasteiger partial charge in [-0.25, -0.2) is 4.79 Å². The summed E-state index contributed by atoms with van der Waals surface area (Å²) >= 11 is 9.57. The molecule has 1 atom stereocenters. The molecular weight excluding hydrogens is 430 g/mol. The fourth-order valence-corrected chi connectivity index (χ4v) is 4.04. The van der Waals surface area contributed by atoms with Crippen LogP contribution < -0.4 is 4.74 Å². The third-order valence-electron chi connectivity index (χ3n) is 3.41. The number of carbonyl (C=O) groups excluding carboxylic acids is 2. The highest BCUT2D eigenvalue weighted by atomic mass is 79.9. The largest absolute Gasteiger partial charge is 0.503 e. The molecule has 1 N–H and O–H groups in total. The maximum absolute atomic E-state index is 12.6. The zero-order chi connectivity index (χ0) is 18.7. The van der Waals surface area contributed by atoms with Crippen LogP contribution in [0.15, 0.2) is 21.5 Å². The molecule has 1 aromatic carbocycles. The van der Waals surface area contributed by atoms with Gasteiger partial charge < -0.3 is 14.6 Å². The third-order valence-corrected chi connectivity index (χ3v) is 5.34. The summed E-state index contributed by atoms with van der Waals surface area (Å²) in [6.45, 7) is 3.51. The summed E-state index contributed by atoms with van der Waals surface area (Å²) in [5.74, 6) is -0.619. The van der Waals surface area contributed by atoms with Gasteiger partial charge in [0.25, 0.3) is 5.91 Å². The number of carbonyl (C=O) groups is 2. The molecule has 1 heterocycles. The number of thiocarbonyl (C=S) groups is 1. The number of phenolic OH excluding ortho intramolecular Hbond substituents is 1. The van der Waals surface area contributed by atoms with Crippen molar-refractivity contribution in [2.45, 2.75) is 19.9 Å². The number of aromatic hydroxyl groups is 1. The van der Waals surface area contributed by atoms with E-state index >= 15 is 0 Å². The lowest BCUT2D eigenvalue weighted by atomic mass is 10.1. The number of methoxy groups -OCH3 is 1. The summed E-state index contributed by atoms with van der Waals surface area (Å²) in [6, 6.07) is 2.46.